The Morgan fingerprint density at radius 2 is 0.544 bits per heavy atom. The first-order chi connectivity index (χ1) is 27.1. The van der Waals surface area contributed by atoms with Gasteiger partial charge in [0.05, 0.1) is 11.4 Å². The van der Waals surface area contributed by atoms with Crippen molar-refractivity contribution in [1.82, 2.24) is 0 Å². The quantitative estimate of drug-likeness (QED) is 0.156. The minimum absolute atomic E-state index is 1.18. The van der Waals surface area contributed by atoms with Crippen molar-refractivity contribution >= 4 is 66.4 Å². The van der Waals surface area contributed by atoms with Crippen LogP contribution in [0, 0.1) is 90.0 Å². The highest BCUT2D eigenvalue weighted by Gasteiger charge is 2.24. The van der Waals surface area contributed by atoms with Gasteiger partial charge in [0.25, 0.3) is 0 Å². The fraction of sp³-hybridized carbons (Fsp3) is 0.236. The molecule has 0 fully saturated rings. The number of fused-ring (bicyclic) bond motifs is 5. The molecule has 2 heteroatoms. The predicted molar refractivity (Wildman–Crippen MR) is 250 cm³/mol. The minimum Gasteiger partial charge on any atom is -0.310 e. The van der Waals surface area contributed by atoms with Gasteiger partial charge in [-0.25, -0.2) is 0 Å². The van der Waals surface area contributed by atoms with E-state index in [4.69, 9.17) is 0 Å². The van der Waals surface area contributed by atoms with Crippen LogP contribution in [0.3, 0.4) is 0 Å². The first-order valence-electron chi connectivity index (χ1n) is 20.4. The average molecular weight is 745 g/mol. The number of hydrogen-bond acceptors (Lipinski definition) is 2. The predicted octanol–water partition coefficient (Wildman–Crippen LogP) is 16.1. The number of benzene rings is 8. The normalized spacial score (nSPS) is 11.6. The second-order valence-corrected chi connectivity index (χ2v) is 17.0. The van der Waals surface area contributed by atoms with Crippen LogP contribution in [0.15, 0.2) is 103 Å². The molecular formula is C55H56N2. The summed E-state index contributed by atoms with van der Waals surface area (Å²) in [6.07, 6.45) is 0. The summed E-state index contributed by atoms with van der Waals surface area (Å²) in [5.41, 5.74) is 24.1. The van der Waals surface area contributed by atoms with Crippen LogP contribution in [0.5, 0.6) is 0 Å². The Morgan fingerprint density at radius 3 is 0.895 bits per heavy atom. The Hall–Kier alpha value is -5.86. The molecule has 286 valence electrons. The van der Waals surface area contributed by atoms with Crippen molar-refractivity contribution < 1.29 is 0 Å². The number of rotatable bonds is 6. The van der Waals surface area contributed by atoms with E-state index in [1.807, 2.05) is 0 Å². The average Bonchev–Trinajstić information content (AvgIpc) is 3.17. The molecule has 0 saturated carbocycles. The first-order valence-corrected chi connectivity index (χ1v) is 20.4. The largest absolute Gasteiger partial charge is 0.310 e. The van der Waals surface area contributed by atoms with Crippen LogP contribution in [-0.2, 0) is 0 Å². The van der Waals surface area contributed by atoms with Gasteiger partial charge in [-0.2, -0.15) is 0 Å². The third kappa shape index (κ3) is 6.46. The zero-order chi connectivity index (χ0) is 40.6. The van der Waals surface area contributed by atoms with Gasteiger partial charge in [0.15, 0.2) is 0 Å². The molecule has 0 aliphatic rings. The minimum atomic E-state index is 1.18. The summed E-state index contributed by atoms with van der Waals surface area (Å²) >= 11 is 0. The molecule has 0 atom stereocenters. The van der Waals surface area contributed by atoms with Gasteiger partial charge in [-0.1, -0.05) is 48.0 Å². The smallest absolute Gasteiger partial charge is 0.0546 e. The second kappa shape index (κ2) is 14.3. The van der Waals surface area contributed by atoms with Gasteiger partial charge < -0.3 is 9.80 Å². The summed E-state index contributed by atoms with van der Waals surface area (Å²) in [6, 6.07) is 40.0. The van der Waals surface area contributed by atoms with E-state index in [1.54, 1.807) is 0 Å². The van der Waals surface area contributed by atoms with Gasteiger partial charge in [0, 0.05) is 33.5 Å². The summed E-state index contributed by atoms with van der Waals surface area (Å²) in [5.74, 6) is 0. The Morgan fingerprint density at radius 1 is 0.263 bits per heavy atom. The molecule has 8 rings (SSSR count). The van der Waals surface area contributed by atoms with Gasteiger partial charge in [0.2, 0.25) is 0 Å². The lowest BCUT2D eigenvalue weighted by Gasteiger charge is -2.31. The molecule has 0 amide bonds. The summed E-state index contributed by atoms with van der Waals surface area (Å²) in [7, 11) is 0. The maximum absolute atomic E-state index is 2.51. The lowest BCUT2D eigenvalue weighted by Crippen LogP contribution is -2.13. The second-order valence-electron chi connectivity index (χ2n) is 17.0. The number of aryl methyl sites for hydroxylation is 9. The van der Waals surface area contributed by atoms with Crippen LogP contribution < -0.4 is 9.80 Å². The van der Waals surface area contributed by atoms with Crippen molar-refractivity contribution in [2.75, 3.05) is 9.80 Å². The highest BCUT2D eigenvalue weighted by atomic mass is 15.2. The van der Waals surface area contributed by atoms with Crippen LogP contribution in [0.4, 0.5) is 34.1 Å². The highest BCUT2D eigenvalue weighted by molar-refractivity contribution is 6.24. The molecule has 8 aromatic carbocycles. The molecule has 0 unspecified atom stereocenters. The molecule has 0 spiro atoms. The van der Waals surface area contributed by atoms with Gasteiger partial charge in [-0.15, -0.1) is 0 Å². The molecular weight excluding hydrogens is 689 g/mol. The number of nitrogens with zero attached hydrogens (tertiary/aromatic N) is 2. The zero-order valence-corrected chi connectivity index (χ0v) is 36.2. The topological polar surface area (TPSA) is 6.48 Å². The summed E-state index contributed by atoms with van der Waals surface area (Å²) in [4.78, 5) is 5.03. The van der Waals surface area contributed by atoms with Crippen molar-refractivity contribution in [3.8, 4) is 0 Å². The highest BCUT2D eigenvalue weighted by Crippen LogP contribution is 2.49. The fourth-order valence-corrected chi connectivity index (χ4v) is 8.87. The fourth-order valence-electron chi connectivity index (χ4n) is 8.87. The van der Waals surface area contributed by atoms with Gasteiger partial charge in [-0.05, 0) is 239 Å². The molecule has 0 aliphatic carbocycles. The number of anilines is 6. The Bertz CT molecular complexity index is 2740. The first kappa shape index (κ1) is 38.0. The summed E-state index contributed by atoms with van der Waals surface area (Å²) in [5, 5.41) is 7.47. The Kier molecular flexibility index (Phi) is 9.52. The summed E-state index contributed by atoms with van der Waals surface area (Å²) < 4.78 is 0. The molecule has 0 radical (unpaired) electrons. The number of hydrogen-bond donors (Lipinski definition) is 0. The van der Waals surface area contributed by atoms with Crippen molar-refractivity contribution in [3.05, 3.63) is 175 Å². The molecule has 0 saturated heterocycles. The SMILES string of the molecule is Cc1ccc2c(N(c3cc(C)c(C)c(C)c3)c3cc(C)c(C)c(C)c3)cc3c4ccccc4c(N(c4cc(C)c(C)c(C)c4)c4cc(C)c(C)c(C)c4)cc3c2c1. The van der Waals surface area contributed by atoms with Crippen molar-refractivity contribution in [1.29, 1.82) is 0 Å². The molecule has 57 heavy (non-hydrogen) atoms. The van der Waals surface area contributed by atoms with E-state index in [1.165, 1.54) is 139 Å². The van der Waals surface area contributed by atoms with Gasteiger partial charge in [-0.3, -0.25) is 0 Å². The van der Waals surface area contributed by atoms with E-state index < -0.39 is 0 Å². The lowest BCUT2D eigenvalue weighted by molar-refractivity contribution is 1.19. The molecule has 0 N–H and O–H groups in total. The van der Waals surface area contributed by atoms with Gasteiger partial charge in [0.1, 0.15) is 0 Å². The monoisotopic (exact) mass is 744 g/mol. The Balaban J connectivity index is 1.52. The standard InChI is InChI=1S/C55H56N2/c1-31-18-19-50-51(20-31)53-30-54(56(44-21-32(2)40(10)33(3)22-44)45-23-34(4)41(11)35(5)24-45)49-17-15-14-16-48(49)52(53)29-55(50)57(46-25-36(6)42(12)37(7)26-46)47-27-38(8)43(13)39(9)28-47/h14-30H,1-13H3. The van der Waals surface area contributed by atoms with Crippen molar-refractivity contribution in [2.24, 2.45) is 0 Å². The van der Waals surface area contributed by atoms with E-state index in [9.17, 15) is 0 Å². The van der Waals surface area contributed by atoms with E-state index in [-0.39, 0.29) is 0 Å². The zero-order valence-electron chi connectivity index (χ0n) is 36.2. The Labute approximate surface area is 340 Å². The third-order valence-electron chi connectivity index (χ3n) is 13.2. The van der Waals surface area contributed by atoms with E-state index in [0.29, 0.717) is 0 Å². The van der Waals surface area contributed by atoms with Gasteiger partial charge >= 0.3 is 0 Å². The van der Waals surface area contributed by atoms with Crippen molar-refractivity contribution in [3.63, 3.8) is 0 Å². The molecule has 8 aromatic rings. The van der Waals surface area contributed by atoms with E-state index >= 15 is 0 Å². The molecule has 0 heterocycles. The van der Waals surface area contributed by atoms with Crippen LogP contribution in [-0.4, -0.2) is 0 Å². The maximum Gasteiger partial charge on any atom is 0.0546 e. The molecule has 2 nitrogen and oxygen atoms in total. The lowest BCUT2D eigenvalue weighted by atomic mass is 9.92. The van der Waals surface area contributed by atoms with Crippen LogP contribution in [0.1, 0.15) is 72.3 Å². The van der Waals surface area contributed by atoms with Crippen LogP contribution in [0.25, 0.3) is 32.3 Å². The summed E-state index contributed by atoms with van der Waals surface area (Å²) in [6.45, 7) is 29.1. The van der Waals surface area contributed by atoms with E-state index in [0.717, 1.165) is 0 Å². The van der Waals surface area contributed by atoms with Crippen LogP contribution >= 0.6 is 0 Å². The van der Waals surface area contributed by atoms with Crippen molar-refractivity contribution in [2.45, 2.75) is 90.0 Å². The van der Waals surface area contributed by atoms with E-state index in [2.05, 4.69) is 203 Å². The van der Waals surface area contributed by atoms with Crippen LogP contribution in [0.2, 0.25) is 0 Å². The maximum atomic E-state index is 2.51. The molecule has 0 aliphatic heterocycles. The molecule has 0 aromatic heterocycles. The molecule has 0 bridgehead atoms. The third-order valence-corrected chi connectivity index (χ3v) is 13.2.